The van der Waals surface area contributed by atoms with E-state index in [1.807, 2.05) is 32.9 Å². The second-order valence-electron chi connectivity index (χ2n) is 7.44. The van der Waals surface area contributed by atoms with E-state index in [1.165, 1.54) is 11.3 Å². The van der Waals surface area contributed by atoms with Crippen LogP contribution in [0.25, 0.3) is 0 Å². The second kappa shape index (κ2) is 7.87. The highest BCUT2D eigenvalue weighted by Crippen LogP contribution is 2.25. The molecule has 7 nitrogen and oxygen atoms in total. The number of H-pyrrole nitrogens is 1. The topological polar surface area (TPSA) is 95.2 Å². The van der Waals surface area contributed by atoms with Gasteiger partial charge in [0.15, 0.2) is 0 Å². The molecule has 2 amide bonds. The molecule has 3 heterocycles. The molecule has 0 unspecified atom stereocenters. The second-order valence-corrected chi connectivity index (χ2v) is 8.64. The van der Waals surface area contributed by atoms with Crippen molar-refractivity contribution in [1.29, 1.82) is 0 Å². The summed E-state index contributed by atoms with van der Waals surface area (Å²) >= 11 is 1.39. The molecule has 4 rings (SSSR count). The van der Waals surface area contributed by atoms with Gasteiger partial charge >= 0.3 is 0 Å². The van der Waals surface area contributed by atoms with E-state index in [2.05, 4.69) is 15.3 Å². The van der Waals surface area contributed by atoms with Crippen molar-refractivity contribution in [2.75, 3.05) is 11.9 Å². The summed E-state index contributed by atoms with van der Waals surface area (Å²) < 4.78 is 0. The van der Waals surface area contributed by atoms with Crippen LogP contribution in [0, 0.1) is 20.8 Å². The molecule has 0 saturated heterocycles. The summed E-state index contributed by atoms with van der Waals surface area (Å²) in [6, 6.07) is 7.40. The van der Waals surface area contributed by atoms with Gasteiger partial charge in [-0.2, -0.15) is 0 Å². The van der Waals surface area contributed by atoms with E-state index in [-0.39, 0.29) is 11.5 Å². The zero-order valence-corrected chi connectivity index (χ0v) is 17.9. The fraction of sp³-hybridized carbons (Fsp3) is 0.273. The van der Waals surface area contributed by atoms with Gasteiger partial charge in [-0.3, -0.25) is 14.4 Å². The predicted octanol–water partition coefficient (Wildman–Crippen LogP) is 3.21. The molecule has 1 aliphatic heterocycles. The van der Waals surface area contributed by atoms with E-state index in [4.69, 9.17) is 0 Å². The minimum atomic E-state index is -0.439. The number of hydrogen-bond donors (Lipinski definition) is 2. The van der Waals surface area contributed by atoms with Gasteiger partial charge in [-0.25, -0.2) is 4.98 Å². The molecule has 2 N–H and O–H groups in total. The highest BCUT2D eigenvalue weighted by molar-refractivity contribution is 7.13. The molecular weight excluding hydrogens is 400 g/mol. The zero-order valence-electron chi connectivity index (χ0n) is 17.0. The van der Waals surface area contributed by atoms with Crippen LogP contribution < -0.4 is 10.9 Å². The number of anilines is 1. The van der Waals surface area contributed by atoms with Gasteiger partial charge in [0.2, 0.25) is 0 Å². The first-order chi connectivity index (χ1) is 14.3. The Labute approximate surface area is 177 Å². The number of nitrogens with zero attached hydrogens (tertiary/aromatic N) is 2. The number of aromatic amines is 1. The molecule has 0 atom stereocenters. The number of fused-ring (bicyclic) bond motifs is 1. The van der Waals surface area contributed by atoms with Crippen molar-refractivity contribution in [3.8, 4) is 0 Å². The van der Waals surface area contributed by atoms with Crippen molar-refractivity contribution in [2.45, 2.75) is 33.7 Å². The predicted molar refractivity (Wildman–Crippen MR) is 116 cm³/mol. The number of hydrogen-bond acceptors (Lipinski definition) is 5. The zero-order chi connectivity index (χ0) is 21.4. The van der Waals surface area contributed by atoms with Crippen molar-refractivity contribution < 1.29 is 9.59 Å². The SMILES string of the molecule is Cc1ccc(NC(=O)c2c3c(c[nH]c2=O)CN(C(=O)c2sc(C)nc2C)CC3)cc1. The highest BCUT2D eigenvalue weighted by atomic mass is 32.1. The number of aromatic nitrogens is 2. The Balaban J connectivity index is 1.60. The quantitative estimate of drug-likeness (QED) is 0.678. The van der Waals surface area contributed by atoms with Gasteiger partial charge in [0.1, 0.15) is 10.4 Å². The van der Waals surface area contributed by atoms with Crippen molar-refractivity contribution in [3.05, 3.63) is 78.6 Å². The number of aryl methyl sites for hydroxylation is 3. The van der Waals surface area contributed by atoms with E-state index in [9.17, 15) is 14.4 Å². The Morgan fingerprint density at radius 1 is 1.17 bits per heavy atom. The average molecular weight is 423 g/mol. The first-order valence-corrected chi connectivity index (χ1v) is 10.5. The Morgan fingerprint density at radius 2 is 1.90 bits per heavy atom. The standard InChI is InChI=1S/C22H22N4O3S/c1-12-4-6-16(7-5-12)25-21(28)18-17-8-9-26(11-15(17)10-23-20(18)27)22(29)19-13(2)24-14(3)30-19/h4-7,10H,8-9,11H2,1-3H3,(H,23,27)(H,25,28). The number of carbonyl (C=O) groups excluding carboxylic acids is 2. The van der Waals surface area contributed by atoms with Crippen molar-refractivity contribution in [1.82, 2.24) is 14.9 Å². The van der Waals surface area contributed by atoms with E-state index in [1.54, 1.807) is 23.2 Å². The van der Waals surface area contributed by atoms with Crippen LogP contribution in [0.5, 0.6) is 0 Å². The maximum atomic E-state index is 12.9. The van der Waals surface area contributed by atoms with Crippen LogP contribution in [0.1, 0.15) is 47.4 Å². The molecule has 1 aliphatic rings. The minimum absolute atomic E-state index is 0.0689. The van der Waals surface area contributed by atoms with Gasteiger partial charge < -0.3 is 15.2 Å². The molecule has 0 radical (unpaired) electrons. The highest BCUT2D eigenvalue weighted by Gasteiger charge is 2.28. The summed E-state index contributed by atoms with van der Waals surface area (Å²) in [5.74, 6) is -0.508. The van der Waals surface area contributed by atoms with Gasteiger partial charge in [0, 0.05) is 25.0 Å². The lowest BCUT2D eigenvalue weighted by atomic mass is 9.96. The number of nitrogens with one attached hydrogen (secondary N) is 2. The Bertz CT molecular complexity index is 1190. The van der Waals surface area contributed by atoms with Crippen molar-refractivity contribution >= 4 is 28.8 Å². The molecule has 0 saturated carbocycles. The Hall–Kier alpha value is -3.26. The molecule has 0 fully saturated rings. The number of thiazole rings is 1. The third-order valence-electron chi connectivity index (χ3n) is 5.21. The summed E-state index contributed by atoms with van der Waals surface area (Å²) in [5.41, 5.74) is 3.61. The summed E-state index contributed by atoms with van der Waals surface area (Å²) in [4.78, 5) is 47.6. The Morgan fingerprint density at radius 3 is 2.57 bits per heavy atom. The third kappa shape index (κ3) is 3.78. The normalized spacial score (nSPS) is 13.1. The largest absolute Gasteiger partial charge is 0.333 e. The molecule has 0 spiro atoms. The summed E-state index contributed by atoms with van der Waals surface area (Å²) in [5, 5.41) is 3.65. The molecule has 3 aromatic rings. The summed E-state index contributed by atoms with van der Waals surface area (Å²) in [6.45, 7) is 6.46. The van der Waals surface area contributed by atoms with Crippen LogP contribution in [0.4, 0.5) is 5.69 Å². The summed E-state index contributed by atoms with van der Waals surface area (Å²) in [7, 11) is 0. The maximum Gasteiger partial charge on any atom is 0.266 e. The smallest absolute Gasteiger partial charge is 0.266 e. The molecule has 2 aromatic heterocycles. The summed E-state index contributed by atoms with van der Waals surface area (Å²) in [6.07, 6.45) is 2.04. The average Bonchev–Trinajstić information content (AvgIpc) is 3.06. The van der Waals surface area contributed by atoms with Crippen LogP contribution >= 0.6 is 11.3 Å². The van der Waals surface area contributed by atoms with E-state index in [0.29, 0.717) is 35.6 Å². The first kappa shape index (κ1) is 20.0. The molecule has 1 aromatic carbocycles. The van der Waals surface area contributed by atoms with Gasteiger partial charge in [-0.05, 0) is 50.5 Å². The molecule has 0 bridgehead atoms. The maximum absolute atomic E-state index is 12.9. The van der Waals surface area contributed by atoms with Crippen LogP contribution in [0.15, 0.2) is 35.3 Å². The number of pyridine rings is 1. The monoisotopic (exact) mass is 422 g/mol. The Kier molecular flexibility index (Phi) is 5.26. The van der Waals surface area contributed by atoms with E-state index in [0.717, 1.165) is 21.8 Å². The molecule has 154 valence electrons. The fourth-order valence-corrected chi connectivity index (χ4v) is 4.57. The van der Waals surface area contributed by atoms with Crippen LogP contribution in [-0.2, 0) is 13.0 Å². The van der Waals surface area contributed by atoms with Crippen molar-refractivity contribution in [2.24, 2.45) is 0 Å². The molecule has 8 heteroatoms. The van der Waals surface area contributed by atoms with E-state index < -0.39 is 11.5 Å². The number of benzene rings is 1. The van der Waals surface area contributed by atoms with Crippen LogP contribution in [0.2, 0.25) is 0 Å². The number of rotatable bonds is 3. The lowest BCUT2D eigenvalue weighted by Gasteiger charge is -2.29. The van der Waals surface area contributed by atoms with Gasteiger partial charge in [0.05, 0.1) is 10.7 Å². The van der Waals surface area contributed by atoms with Gasteiger partial charge in [-0.15, -0.1) is 11.3 Å². The lowest BCUT2D eigenvalue weighted by Crippen LogP contribution is -2.38. The fourth-order valence-electron chi connectivity index (χ4n) is 3.68. The number of amides is 2. The van der Waals surface area contributed by atoms with Crippen molar-refractivity contribution in [3.63, 3.8) is 0 Å². The van der Waals surface area contributed by atoms with Crippen LogP contribution in [0.3, 0.4) is 0 Å². The van der Waals surface area contributed by atoms with Crippen LogP contribution in [-0.4, -0.2) is 33.2 Å². The first-order valence-electron chi connectivity index (χ1n) is 9.68. The van der Waals surface area contributed by atoms with E-state index >= 15 is 0 Å². The lowest BCUT2D eigenvalue weighted by molar-refractivity contribution is 0.0738. The van der Waals surface area contributed by atoms with Gasteiger partial charge in [0.25, 0.3) is 17.4 Å². The van der Waals surface area contributed by atoms with Gasteiger partial charge in [-0.1, -0.05) is 17.7 Å². The molecule has 0 aliphatic carbocycles. The molecule has 30 heavy (non-hydrogen) atoms. The minimum Gasteiger partial charge on any atom is -0.333 e. The third-order valence-corrected chi connectivity index (χ3v) is 6.27. The number of carbonyl (C=O) groups is 2. The molecular formula is C22H22N4O3S.